The molecule has 1 heterocycles. The fourth-order valence-electron chi connectivity index (χ4n) is 6.01. The summed E-state index contributed by atoms with van der Waals surface area (Å²) < 4.78 is 0. The van der Waals surface area contributed by atoms with Gasteiger partial charge in [0.05, 0.1) is 5.92 Å². The van der Waals surface area contributed by atoms with Crippen molar-refractivity contribution < 1.29 is 14.7 Å². The minimum atomic E-state index is -1.08. The first kappa shape index (κ1) is 18.3. The zero-order valence-corrected chi connectivity index (χ0v) is 16.6. The molecule has 2 aliphatic carbocycles. The van der Waals surface area contributed by atoms with E-state index < -0.39 is 17.8 Å². The van der Waals surface area contributed by atoms with Gasteiger partial charge in [-0.3, -0.25) is 4.79 Å². The van der Waals surface area contributed by atoms with E-state index in [4.69, 9.17) is 0 Å². The number of rotatable bonds is 2. The molecule has 2 bridgehead atoms. The van der Waals surface area contributed by atoms with Crippen LogP contribution in [0.4, 0.5) is 0 Å². The molecule has 4 rings (SSSR count). The lowest BCUT2D eigenvalue weighted by molar-refractivity contribution is -0.313. The van der Waals surface area contributed by atoms with Crippen molar-refractivity contribution in [3.8, 4) is 0 Å². The number of carboxylic acid groups (broad SMARTS) is 1. The first-order valence-electron chi connectivity index (χ1n) is 9.91. The summed E-state index contributed by atoms with van der Waals surface area (Å²) in [6, 6.07) is 8.32. The summed E-state index contributed by atoms with van der Waals surface area (Å²) in [5.74, 6) is -2.36. The highest BCUT2D eigenvalue weighted by molar-refractivity contribution is 5.87. The number of allylic oxidation sites excluding steroid dienone is 2. The van der Waals surface area contributed by atoms with Crippen molar-refractivity contribution in [3.05, 3.63) is 47.5 Å². The maximum atomic E-state index is 13.7. The molecule has 144 valence electrons. The predicted molar refractivity (Wildman–Crippen MR) is 101 cm³/mol. The second-order valence-corrected chi connectivity index (χ2v) is 9.77. The molecule has 0 saturated heterocycles. The van der Waals surface area contributed by atoms with Crippen molar-refractivity contribution in [2.45, 2.75) is 58.0 Å². The Kier molecular flexibility index (Phi) is 4.03. The van der Waals surface area contributed by atoms with Gasteiger partial charge in [0, 0.05) is 24.0 Å². The normalized spacial score (nSPS) is 32.8. The third kappa shape index (κ3) is 2.81. The number of aliphatic carboxylic acids is 1. The number of nitrogens with zero attached hydrogens (tertiary/aromatic N) is 1. The van der Waals surface area contributed by atoms with Crippen molar-refractivity contribution in [2.24, 2.45) is 23.7 Å². The SMILES string of the molecule is CC1(C)CC(C)(C)N(C(=O)[C@@H]2[C@H](C(=O)[O-])[C@H]3C=C[C@H]2C3)Cc2ccccc21. The van der Waals surface area contributed by atoms with Crippen LogP contribution in [-0.2, 0) is 21.5 Å². The Bertz CT molecular complexity index is 823. The van der Waals surface area contributed by atoms with Gasteiger partial charge in [0.2, 0.25) is 5.91 Å². The Labute approximate surface area is 161 Å². The molecular weight excluding hydrogens is 338 g/mol. The van der Waals surface area contributed by atoms with E-state index in [2.05, 4.69) is 45.9 Å². The van der Waals surface area contributed by atoms with Crippen molar-refractivity contribution in [1.29, 1.82) is 0 Å². The molecule has 1 aromatic carbocycles. The number of carbonyl (C=O) groups is 2. The predicted octanol–water partition coefficient (Wildman–Crippen LogP) is 2.66. The standard InChI is InChI=1S/C23H29NO3/c1-22(2)13-23(3,4)24(12-16-7-5-6-8-17(16)22)20(25)18-14-9-10-15(11-14)19(18)21(26)27/h5-10,14-15,18-19H,11-13H2,1-4H3,(H,26,27)/p-1/t14-,15-,18-,19+/m0/s1. The lowest BCUT2D eigenvalue weighted by Crippen LogP contribution is -2.53. The summed E-state index contributed by atoms with van der Waals surface area (Å²) in [4.78, 5) is 27.4. The number of fused-ring (bicyclic) bond motifs is 3. The van der Waals surface area contributed by atoms with E-state index in [1.54, 1.807) is 0 Å². The molecule has 0 unspecified atom stereocenters. The summed E-state index contributed by atoms with van der Waals surface area (Å²) in [5.41, 5.74) is 2.02. The molecule has 4 heteroatoms. The summed E-state index contributed by atoms with van der Waals surface area (Å²) in [5, 5.41) is 11.8. The van der Waals surface area contributed by atoms with E-state index in [0.29, 0.717) is 6.54 Å². The number of hydrogen-bond donors (Lipinski definition) is 0. The quantitative estimate of drug-likeness (QED) is 0.756. The van der Waals surface area contributed by atoms with Crippen LogP contribution in [0.3, 0.4) is 0 Å². The van der Waals surface area contributed by atoms with Gasteiger partial charge in [-0.2, -0.15) is 0 Å². The summed E-state index contributed by atoms with van der Waals surface area (Å²) >= 11 is 0. The molecule has 27 heavy (non-hydrogen) atoms. The fraction of sp³-hybridized carbons (Fsp3) is 0.565. The Morgan fingerprint density at radius 3 is 2.33 bits per heavy atom. The van der Waals surface area contributed by atoms with Gasteiger partial charge in [0.1, 0.15) is 0 Å². The second kappa shape index (κ2) is 5.95. The molecule has 0 spiro atoms. The van der Waals surface area contributed by atoms with E-state index in [9.17, 15) is 14.7 Å². The fourth-order valence-corrected chi connectivity index (χ4v) is 6.01. The zero-order chi connectivity index (χ0) is 19.6. The van der Waals surface area contributed by atoms with Crippen LogP contribution in [-0.4, -0.2) is 22.3 Å². The maximum absolute atomic E-state index is 13.7. The molecule has 3 aliphatic rings. The molecule has 1 aliphatic heterocycles. The van der Waals surface area contributed by atoms with Crippen LogP contribution in [0.15, 0.2) is 36.4 Å². The minimum absolute atomic E-state index is 0.0210. The highest BCUT2D eigenvalue weighted by Gasteiger charge is 2.52. The second-order valence-electron chi connectivity index (χ2n) is 9.77. The van der Waals surface area contributed by atoms with Crippen LogP contribution in [0.2, 0.25) is 0 Å². The number of amides is 1. The first-order valence-corrected chi connectivity index (χ1v) is 9.91. The number of benzene rings is 1. The third-order valence-corrected chi connectivity index (χ3v) is 6.96. The molecule has 4 nitrogen and oxygen atoms in total. The van der Waals surface area contributed by atoms with Crippen LogP contribution in [0, 0.1) is 23.7 Å². The first-order chi connectivity index (χ1) is 12.6. The summed E-state index contributed by atoms with van der Waals surface area (Å²) in [6.45, 7) is 9.20. The summed E-state index contributed by atoms with van der Waals surface area (Å²) in [7, 11) is 0. The average molecular weight is 366 g/mol. The molecule has 4 atom stereocenters. The molecule has 1 fully saturated rings. The summed E-state index contributed by atoms with van der Waals surface area (Å²) in [6.07, 6.45) is 5.58. The number of hydrogen-bond acceptors (Lipinski definition) is 3. The molecule has 1 aromatic rings. The van der Waals surface area contributed by atoms with Crippen LogP contribution in [0.25, 0.3) is 0 Å². The third-order valence-electron chi connectivity index (χ3n) is 6.96. The van der Waals surface area contributed by atoms with Gasteiger partial charge in [0.25, 0.3) is 0 Å². The lowest BCUT2D eigenvalue weighted by Gasteiger charge is -2.43. The molecule has 1 amide bonds. The van der Waals surface area contributed by atoms with Gasteiger partial charge in [-0.15, -0.1) is 0 Å². The van der Waals surface area contributed by atoms with Crippen LogP contribution < -0.4 is 5.11 Å². The largest absolute Gasteiger partial charge is 0.550 e. The number of carboxylic acids is 1. The minimum Gasteiger partial charge on any atom is -0.550 e. The van der Waals surface area contributed by atoms with Crippen molar-refractivity contribution in [2.75, 3.05) is 0 Å². The average Bonchev–Trinajstić information content (AvgIpc) is 3.17. The lowest BCUT2D eigenvalue weighted by atomic mass is 9.74. The van der Waals surface area contributed by atoms with E-state index in [1.165, 1.54) is 5.56 Å². The van der Waals surface area contributed by atoms with E-state index in [1.807, 2.05) is 23.1 Å². The Hall–Kier alpha value is -2.10. The zero-order valence-electron chi connectivity index (χ0n) is 16.6. The van der Waals surface area contributed by atoms with Crippen LogP contribution >= 0.6 is 0 Å². The highest BCUT2D eigenvalue weighted by atomic mass is 16.4. The molecular formula is C23H28NO3-. The maximum Gasteiger partial charge on any atom is 0.227 e. The van der Waals surface area contributed by atoms with E-state index in [-0.39, 0.29) is 28.7 Å². The van der Waals surface area contributed by atoms with Crippen LogP contribution in [0.1, 0.15) is 51.7 Å². The molecule has 0 radical (unpaired) electrons. The topological polar surface area (TPSA) is 60.4 Å². The monoisotopic (exact) mass is 366 g/mol. The molecule has 0 N–H and O–H groups in total. The van der Waals surface area contributed by atoms with Gasteiger partial charge < -0.3 is 14.8 Å². The van der Waals surface area contributed by atoms with Gasteiger partial charge >= 0.3 is 0 Å². The van der Waals surface area contributed by atoms with E-state index in [0.717, 1.165) is 18.4 Å². The Morgan fingerprint density at radius 1 is 1.04 bits per heavy atom. The molecule has 0 aromatic heterocycles. The highest BCUT2D eigenvalue weighted by Crippen LogP contribution is 2.50. The number of carbonyl (C=O) groups excluding carboxylic acids is 2. The van der Waals surface area contributed by atoms with Gasteiger partial charge in [-0.25, -0.2) is 0 Å². The Morgan fingerprint density at radius 2 is 1.67 bits per heavy atom. The molecule has 1 saturated carbocycles. The Balaban J connectivity index is 1.73. The van der Waals surface area contributed by atoms with Crippen molar-refractivity contribution >= 4 is 11.9 Å². The van der Waals surface area contributed by atoms with Gasteiger partial charge in [-0.1, -0.05) is 50.3 Å². The van der Waals surface area contributed by atoms with Crippen LogP contribution in [0.5, 0.6) is 0 Å². The van der Waals surface area contributed by atoms with Gasteiger partial charge in [0.15, 0.2) is 0 Å². The van der Waals surface area contributed by atoms with E-state index >= 15 is 0 Å². The smallest absolute Gasteiger partial charge is 0.227 e. The van der Waals surface area contributed by atoms with Crippen molar-refractivity contribution in [3.63, 3.8) is 0 Å². The van der Waals surface area contributed by atoms with Crippen molar-refractivity contribution in [1.82, 2.24) is 4.90 Å². The van der Waals surface area contributed by atoms with Gasteiger partial charge in [-0.05, 0) is 55.1 Å².